The predicted octanol–water partition coefficient (Wildman–Crippen LogP) is 1.24. The minimum absolute atomic E-state index is 0.0898. The number of fused-ring (bicyclic) bond motifs is 1. The zero-order valence-corrected chi connectivity index (χ0v) is 13.0. The van der Waals surface area contributed by atoms with Crippen molar-refractivity contribution in [2.24, 2.45) is 0 Å². The van der Waals surface area contributed by atoms with Gasteiger partial charge in [0.15, 0.2) is 12.9 Å². The standard InChI is InChI=1S/C17H18N2O4/c1-19(2)17(22)9-18-16(21)11-23-15-8-7-12-5-3-4-6-13(12)14(15)10-20/h3-8,10H,9,11H2,1-2H3,(H,18,21). The Balaban J connectivity index is 2.03. The normalized spacial score (nSPS) is 10.2. The van der Waals surface area contributed by atoms with E-state index in [1.165, 1.54) is 4.90 Å². The van der Waals surface area contributed by atoms with E-state index >= 15 is 0 Å². The summed E-state index contributed by atoms with van der Waals surface area (Å²) in [7, 11) is 3.22. The highest BCUT2D eigenvalue weighted by atomic mass is 16.5. The summed E-state index contributed by atoms with van der Waals surface area (Å²) in [6, 6.07) is 10.9. The van der Waals surface area contributed by atoms with E-state index in [1.807, 2.05) is 30.3 Å². The van der Waals surface area contributed by atoms with Crippen LogP contribution in [-0.4, -0.2) is 50.2 Å². The number of hydrogen-bond acceptors (Lipinski definition) is 4. The van der Waals surface area contributed by atoms with Crippen molar-refractivity contribution in [1.82, 2.24) is 10.2 Å². The van der Waals surface area contributed by atoms with Gasteiger partial charge in [0.1, 0.15) is 5.75 Å². The van der Waals surface area contributed by atoms with Crippen molar-refractivity contribution in [2.75, 3.05) is 27.2 Å². The van der Waals surface area contributed by atoms with Crippen molar-refractivity contribution >= 4 is 28.9 Å². The summed E-state index contributed by atoms with van der Waals surface area (Å²) in [6.45, 7) is -0.354. The number of nitrogens with zero attached hydrogens (tertiary/aromatic N) is 1. The fourth-order valence-electron chi connectivity index (χ4n) is 2.05. The number of ether oxygens (including phenoxy) is 1. The lowest BCUT2D eigenvalue weighted by molar-refractivity contribution is -0.131. The number of likely N-dealkylation sites (N-methyl/N-ethyl adjacent to an activating group) is 1. The number of carbonyl (C=O) groups is 3. The molecule has 0 aliphatic heterocycles. The van der Waals surface area contributed by atoms with Crippen LogP contribution in [0.3, 0.4) is 0 Å². The van der Waals surface area contributed by atoms with E-state index in [-0.39, 0.29) is 19.1 Å². The van der Waals surface area contributed by atoms with Crippen LogP contribution >= 0.6 is 0 Å². The lowest BCUT2D eigenvalue weighted by Gasteiger charge is -2.12. The Kier molecular flexibility index (Phi) is 5.30. The fraction of sp³-hybridized carbons (Fsp3) is 0.235. The first kappa shape index (κ1) is 16.5. The zero-order chi connectivity index (χ0) is 16.8. The first-order chi connectivity index (χ1) is 11.0. The quantitative estimate of drug-likeness (QED) is 0.814. The molecule has 0 saturated carbocycles. The smallest absolute Gasteiger partial charge is 0.258 e. The monoisotopic (exact) mass is 314 g/mol. The van der Waals surface area contributed by atoms with Crippen molar-refractivity contribution in [3.8, 4) is 5.75 Å². The van der Waals surface area contributed by atoms with Crippen LogP contribution in [0.2, 0.25) is 0 Å². The molecule has 0 aromatic heterocycles. The van der Waals surface area contributed by atoms with Crippen molar-refractivity contribution < 1.29 is 19.1 Å². The molecule has 0 unspecified atom stereocenters. The van der Waals surface area contributed by atoms with Crippen molar-refractivity contribution in [3.63, 3.8) is 0 Å². The van der Waals surface area contributed by atoms with E-state index in [9.17, 15) is 14.4 Å². The molecule has 6 heteroatoms. The Hall–Kier alpha value is -2.89. The van der Waals surface area contributed by atoms with Gasteiger partial charge < -0.3 is 15.0 Å². The molecule has 0 spiro atoms. The van der Waals surface area contributed by atoms with Gasteiger partial charge in [0.2, 0.25) is 5.91 Å². The molecule has 0 atom stereocenters. The summed E-state index contributed by atoms with van der Waals surface area (Å²) in [5.74, 6) is -0.296. The number of amides is 2. The molecule has 2 amide bonds. The Bertz CT molecular complexity index is 740. The summed E-state index contributed by atoms with van der Waals surface area (Å²) in [4.78, 5) is 35.8. The number of benzene rings is 2. The summed E-state index contributed by atoms with van der Waals surface area (Å²) in [5.41, 5.74) is 0.403. The van der Waals surface area contributed by atoms with Crippen LogP contribution in [0, 0.1) is 0 Å². The molecule has 2 aromatic carbocycles. The van der Waals surface area contributed by atoms with Crippen LogP contribution in [0.4, 0.5) is 0 Å². The minimum Gasteiger partial charge on any atom is -0.483 e. The van der Waals surface area contributed by atoms with E-state index < -0.39 is 5.91 Å². The predicted molar refractivity (Wildman–Crippen MR) is 86.5 cm³/mol. The molecule has 0 bridgehead atoms. The average molecular weight is 314 g/mol. The molecule has 0 heterocycles. The second kappa shape index (κ2) is 7.40. The van der Waals surface area contributed by atoms with Crippen molar-refractivity contribution in [3.05, 3.63) is 42.0 Å². The number of hydrogen-bond donors (Lipinski definition) is 1. The summed E-state index contributed by atoms with van der Waals surface area (Å²) in [6.07, 6.45) is 0.713. The summed E-state index contributed by atoms with van der Waals surface area (Å²) in [5, 5.41) is 4.15. The third-order valence-electron chi connectivity index (χ3n) is 3.34. The molecular formula is C17H18N2O4. The molecule has 0 radical (unpaired) electrons. The molecule has 1 N–H and O–H groups in total. The van der Waals surface area contributed by atoms with Crippen molar-refractivity contribution in [2.45, 2.75) is 0 Å². The van der Waals surface area contributed by atoms with Crippen LogP contribution in [0.15, 0.2) is 36.4 Å². The van der Waals surface area contributed by atoms with Crippen molar-refractivity contribution in [1.29, 1.82) is 0 Å². The van der Waals surface area contributed by atoms with Gasteiger partial charge in [0.05, 0.1) is 12.1 Å². The van der Waals surface area contributed by atoms with E-state index in [2.05, 4.69) is 5.32 Å². The maximum Gasteiger partial charge on any atom is 0.258 e. The number of aldehydes is 1. The summed E-state index contributed by atoms with van der Waals surface area (Å²) >= 11 is 0. The van der Waals surface area contributed by atoms with Crippen LogP contribution in [0.1, 0.15) is 10.4 Å². The molecule has 23 heavy (non-hydrogen) atoms. The number of rotatable bonds is 6. The van der Waals surface area contributed by atoms with Gasteiger partial charge in [-0.2, -0.15) is 0 Å². The van der Waals surface area contributed by atoms with E-state index in [4.69, 9.17) is 4.74 Å². The number of nitrogens with one attached hydrogen (secondary N) is 1. The molecule has 6 nitrogen and oxygen atoms in total. The SMILES string of the molecule is CN(C)C(=O)CNC(=O)COc1ccc2ccccc2c1C=O. The first-order valence-corrected chi connectivity index (χ1v) is 7.09. The van der Waals surface area contributed by atoms with E-state index in [0.717, 1.165) is 10.8 Å². The van der Waals surface area contributed by atoms with Gasteiger partial charge in [0.25, 0.3) is 5.91 Å². The molecule has 2 aromatic rings. The fourth-order valence-corrected chi connectivity index (χ4v) is 2.05. The highest BCUT2D eigenvalue weighted by Gasteiger charge is 2.11. The Morgan fingerprint density at radius 2 is 1.91 bits per heavy atom. The van der Waals surface area contributed by atoms with Crippen LogP contribution in [-0.2, 0) is 9.59 Å². The molecule has 0 fully saturated rings. The maximum atomic E-state index is 11.7. The second-order valence-corrected chi connectivity index (χ2v) is 5.17. The van der Waals surface area contributed by atoms with Gasteiger partial charge >= 0.3 is 0 Å². The van der Waals surface area contributed by atoms with Crippen LogP contribution in [0.5, 0.6) is 5.75 Å². The van der Waals surface area contributed by atoms with Crippen LogP contribution in [0.25, 0.3) is 10.8 Å². The van der Waals surface area contributed by atoms with Gasteiger partial charge in [-0.3, -0.25) is 14.4 Å². The van der Waals surface area contributed by atoms with Gasteiger partial charge in [-0.15, -0.1) is 0 Å². The molecule has 0 aliphatic carbocycles. The van der Waals surface area contributed by atoms with Gasteiger partial charge in [-0.05, 0) is 16.8 Å². The average Bonchev–Trinajstić information content (AvgIpc) is 2.56. The Morgan fingerprint density at radius 3 is 2.61 bits per heavy atom. The van der Waals surface area contributed by atoms with Gasteiger partial charge in [-0.1, -0.05) is 30.3 Å². The highest BCUT2D eigenvalue weighted by Crippen LogP contribution is 2.26. The van der Waals surface area contributed by atoms with Gasteiger partial charge in [0, 0.05) is 14.1 Å². The Morgan fingerprint density at radius 1 is 1.17 bits per heavy atom. The highest BCUT2D eigenvalue weighted by molar-refractivity contribution is 6.00. The molecule has 120 valence electrons. The molecular weight excluding hydrogens is 296 g/mol. The maximum absolute atomic E-state index is 11.7. The topological polar surface area (TPSA) is 75.7 Å². The van der Waals surface area contributed by atoms with Crippen LogP contribution < -0.4 is 10.1 Å². The summed E-state index contributed by atoms with van der Waals surface area (Å²) < 4.78 is 5.42. The number of carbonyl (C=O) groups excluding carboxylic acids is 3. The third kappa shape index (κ3) is 4.06. The van der Waals surface area contributed by atoms with Gasteiger partial charge in [-0.25, -0.2) is 0 Å². The minimum atomic E-state index is -0.426. The zero-order valence-electron chi connectivity index (χ0n) is 13.0. The van der Waals surface area contributed by atoms with E-state index in [1.54, 1.807) is 20.2 Å². The first-order valence-electron chi connectivity index (χ1n) is 7.09. The lowest BCUT2D eigenvalue weighted by Crippen LogP contribution is -2.38. The largest absolute Gasteiger partial charge is 0.483 e. The van der Waals surface area contributed by atoms with E-state index in [0.29, 0.717) is 17.6 Å². The lowest BCUT2D eigenvalue weighted by atomic mass is 10.0. The third-order valence-corrected chi connectivity index (χ3v) is 3.34. The second-order valence-electron chi connectivity index (χ2n) is 5.17. The molecule has 0 saturated heterocycles. The Labute approximate surface area is 134 Å². The molecule has 0 aliphatic rings. The molecule has 2 rings (SSSR count).